The zero-order valence-corrected chi connectivity index (χ0v) is 31.2. The van der Waals surface area contributed by atoms with Gasteiger partial charge < -0.3 is 24.6 Å². The first-order valence-corrected chi connectivity index (χ1v) is 17.8. The van der Waals surface area contributed by atoms with Crippen molar-refractivity contribution in [2.75, 3.05) is 55.9 Å². The van der Waals surface area contributed by atoms with E-state index in [1.807, 2.05) is 94.2 Å². The minimum Gasteiger partial charge on any atom is -0.497 e. The van der Waals surface area contributed by atoms with Gasteiger partial charge in [0.1, 0.15) is 23.1 Å². The maximum atomic E-state index is 13.4. The molecule has 2 N–H and O–H groups in total. The van der Waals surface area contributed by atoms with E-state index in [-0.39, 0.29) is 17.7 Å². The van der Waals surface area contributed by atoms with Gasteiger partial charge in [0.15, 0.2) is 0 Å². The molecule has 6 rings (SSSR count). The molecule has 5 aromatic rings. The van der Waals surface area contributed by atoms with E-state index in [1.165, 1.54) is 0 Å². The molecule has 1 aliphatic heterocycles. The molecule has 12 heteroatoms. The highest BCUT2D eigenvalue weighted by Gasteiger charge is 2.23. The van der Waals surface area contributed by atoms with Crippen molar-refractivity contribution in [2.24, 2.45) is 0 Å². The molecule has 1 fully saturated rings. The summed E-state index contributed by atoms with van der Waals surface area (Å²) in [5, 5.41) is 12.4. The fraction of sp³-hybridized carbons (Fsp3) is 0.316. The van der Waals surface area contributed by atoms with E-state index in [4.69, 9.17) is 15.9 Å². The lowest BCUT2D eigenvalue weighted by Gasteiger charge is -2.32. The molecule has 1 aliphatic rings. The Balaban J connectivity index is 0.00000162. The molecule has 3 heterocycles. The van der Waals surface area contributed by atoms with Crippen LogP contribution < -0.4 is 20.1 Å². The number of urea groups is 1. The number of hydrogen-bond donors (Lipinski definition) is 2. The molecule has 50 heavy (non-hydrogen) atoms. The number of methoxy groups -OCH3 is 1. The molecular weight excluding hydrogens is 745 g/mol. The van der Waals surface area contributed by atoms with Crippen molar-refractivity contribution in [1.82, 2.24) is 24.6 Å². The lowest BCUT2D eigenvalue weighted by molar-refractivity contribution is -0.132. The minimum absolute atomic E-state index is 0.0635. The number of nitrogens with one attached hydrogen (secondary N) is 2. The highest BCUT2D eigenvalue weighted by Crippen LogP contribution is 2.35. The molecule has 3 amide bonds. The smallest absolute Gasteiger partial charge is 0.324 e. The van der Waals surface area contributed by atoms with Crippen LogP contribution in [0.2, 0.25) is 0 Å². The summed E-state index contributed by atoms with van der Waals surface area (Å²) in [5.74, 6) is 2.52. The van der Waals surface area contributed by atoms with E-state index in [9.17, 15) is 9.59 Å². The Morgan fingerprint density at radius 1 is 0.920 bits per heavy atom. The fourth-order valence-corrected chi connectivity index (χ4v) is 5.56. The molecule has 0 radical (unpaired) electrons. The van der Waals surface area contributed by atoms with Crippen molar-refractivity contribution >= 4 is 56.8 Å². The summed E-state index contributed by atoms with van der Waals surface area (Å²) < 4.78 is 19.5. The van der Waals surface area contributed by atoms with E-state index < -0.39 is 6.03 Å². The monoisotopic (exact) mass is 790 g/mol. The van der Waals surface area contributed by atoms with Gasteiger partial charge in [0.25, 0.3) is 0 Å². The van der Waals surface area contributed by atoms with Crippen LogP contribution in [0.25, 0.3) is 16.5 Å². The molecule has 1 saturated heterocycles. The quantitative estimate of drug-likeness (QED) is 0.124. The minimum atomic E-state index is -0.410. The van der Waals surface area contributed by atoms with Crippen LogP contribution in [0.1, 0.15) is 33.5 Å². The van der Waals surface area contributed by atoms with Gasteiger partial charge in [-0.2, -0.15) is 5.10 Å². The number of carbonyl (C=O) groups excluding carboxylic acids is 2. The number of pyridine rings is 1. The number of rotatable bonds is 8. The molecule has 0 aliphatic carbocycles. The van der Waals surface area contributed by atoms with Crippen LogP contribution in [0.3, 0.4) is 0 Å². The number of carbonyl (C=O) groups is 2. The number of hydrogen-bond acceptors (Lipinski definition) is 7. The van der Waals surface area contributed by atoms with Gasteiger partial charge in [-0.25, -0.2) is 9.48 Å². The predicted molar refractivity (Wildman–Crippen MR) is 207 cm³/mol. The van der Waals surface area contributed by atoms with Crippen LogP contribution in [-0.2, 0) is 16.6 Å². The van der Waals surface area contributed by atoms with Gasteiger partial charge in [-0.3, -0.25) is 15.1 Å². The molecule has 0 spiro atoms. The van der Waals surface area contributed by atoms with E-state index >= 15 is 0 Å². The lowest BCUT2D eigenvalue weighted by Crippen LogP contribution is -2.47. The molecule has 0 unspecified atom stereocenters. The van der Waals surface area contributed by atoms with Crippen molar-refractivity contribution in [3.05, 3.63) is 96.4 Å². The number of anilines is 2. The molecule has 11 nitrogen and oxygen atoms in total. The summed E-state index contributed by atoms with van der Waals surface area (Å²) in [6.45, 7) is 9.42. The lowest BCUT2D eigenvalue weighted by atomic mass is 9.92. The van der Waals surface area contributed by atoms with Crippen molar-refractivity contribution in [1.29, 1.82) is 0 Å². The zero-order valence-electron chi connectivity index (χ0n) is 30.1. The zero-order chi connectivity index (χ0) is 36.5. The van der Waals surface area contributed by atoms with Crippen LogP contribution in [-0.4, -0.2) is 81.7 Å². The number of piperazine rings is 1. The van der Waals surface area contributed by atoms with E-state index in [0.717, 1.165) is 54.1 Å². The summed E-state index contributed by atoms with van der Waals surface area (Å²) in [5.41, 5.74) is 2.67. The normalized spacial score (nSPS) is 13.6. The molecule has 0 saturated carbocycles. The Labute approximate surface area is 308 Å². The van der Waals surface area contributed by atoms with Crippen molar-refractivity contribution in [2.45, 2.75) is 32.6 Å². The standard InChI is InChI=1S/C37H41N7O4.CH3I/c1-37(2,3)33-24-34(44(41-33)26-10-12-27(47-5)13-11-26)40-36(46)39-31-14-15-32(30-9-7-6-8-29(30)31)48-28-16-17-38-25(22-28)23-35(45)43-20-18-42(4)19-21-43;1-2/h6-17,22,24H,18-21,23H2,1-5H3,(H2,39,40,46);1H3/i;1D. The SMILES string of the molecule is COc1ccc(-n2nc(C(C)(C)C)cc2NC(=O)Nc2ccc(Oc3ccnc(CC(=O)N4CCN(C)CC4)c3)c3ccccc23)cc1.[2H]CI. The molecule has 0 atom stereocenters. The second kappa shape index (κ2) is 16.3. The summed E-state index contributed by atoms with van der Waals surface area (Å²) in [4.78, 5) is 35.3. The third kappa shape index (κ3) is 8.90. The Hall–Kier alpha value is -4.69. The number of benzene rings is 3. The molecule has 2 aromatic heterocycles. The third-order valence-electron chi connectivity index (χ3n) is 8.37. The summed E-state index contributed by atoms with van der Waals surface area (Å²) in [7, 11) is 3.69. The van der Waals surface area contributed by atoms with Gasteiger partial charge in [-0.05, 0) is 54.4 Å². The maximum absolute atomic E-state index is 13.4. The number of alkyl halides is 1. The van der Waals surface area contributed by atoms with Crippen LogP contribution in [0.5, 0.6) is 17.2 Å². The first-order valence-electron chi connectivity index (χ1n) is 17.0. The van der Waals surface area contributed by atoms with E-state index in [0.29, 0.717) is 33.6 Å². The highest BCUT2D eigenvalue weighted by atomic mass is 127. The van der Waals surface area contributed by atoms with Crippen molar-refractivity contribution < 1.29 is 20.4 Å². The summed E-state index contributed by atoms with van der Waals surface area (Å²) in [6.07, 6.45) is 1.88. The number of likely N-dealkylation sites (N-methyl/N-ethyl adjacent to an activating group) is 1. The van der Waals surface area contributed by atoms with Crippen LogP contribution >= 0.6 is 22.6 Å². The number of ether oxygens (including phenoxy) is 2. The Kier molecular flexibility index (Phi) is 11.5. The molecule has 0 bridgehead atoms. The molecule has 3 aromatic carbocycles. The predicted octanol–water partition coefficient (Wildman–Crippen LogP) is 7.53. The topological polar surface area (TPSA) is 114 Å². The number of fused-ring (bicyclic) bond motifs is 1. The highest BCUT2D eigenvalue weighted by molar-refractivity contribution is 14.1. The Morgan fingerprint density at radius 2 is 1.62 bits per heavy atom. The summed E-state index contributed by atoms with van der Waals surface area (Å²) in [6, 6.07) is 23.9. The number of amides is 3. The second-order valence-electron chi connectivity index (χ2n) is 13.0. The number of nitrogens with zero attached hydrogens (tertiary/aromatic N) is 5. The first kappa shape index (κ1) is 35.1. The Morgan fingerprint density at radius 3 is 2.30 bits per heavy atom. The van der Waals surface area contributed by atoms with Gasteiger partial charge in [0, 0.05) is 62.1 Å². The van der Waals surface area contributed by atoms with E-state index in [1.54, 1.807) is 30.1 Å². The fourth-order valence-electron chi connectivity index (χ4n) is 5.56. The van der Waals surface area contributed by atoms with Gasteiger partial charge in [-0.1, -0.05) is 67.6 Å². The van der Waals surface area contributed by atoms with Crippen LogP contribution in [0.4, 0.5) is 16.3 Å². The van der Waals surface area contributed by atoms with E-state index in [2.05, 4.69) is 48.3 Å². The van der Waals surface area contributed by atoms with Gasteiger partial charge in [0.2, 0.25) is 5.91 Å². The van der Waals surface area contributed by atoms with Gasteiger partial charge in [-0.15, -0.1) is 0 Å². The first-order chi connectivity index (χ1) is 24.5. The average molecular weight is 791 g/mol. The maximum Gasteiger partial charge on any atom is 0.324 e. The van der Waals surface area contributed by atoms with Crippen LogP contribution in [0, 0.1) is 0 Å². The number of halogens is 1. The summed E-state index contributed by atoms with van der Waals surface area (Å²) >= 11 is 1.96. The molecular formula is C38H44IN7O4. The van der Waals surface area contributed by atoms with Gasteiger partial charge >= 0.3 is 6.03 Å². The Bertz CT molecular complexity index is 1950. The van der Waals surface area contributed by atoms with Crippen LogP contribution in [0.15, 0.2) is 85.1 Å². The third-order valence-corrected chi connectivity index (χ3v) is 8.37. The van der Waals surface area contributed by atoms with Crippen molar-refractivity contribution in [3.8, 4) is 22.9 Å². The molecule has 262 valence electrons. The number of aromatic nitrogens is 3. The second-order valence-corrected chi connectivity index (χ2v) is 13.0. The van der Waals surface area contributed by atoms with Gasteiger partial charge in [0.05, 0.1) is 36.3 Å². The van der Waals surface area contributed by atoms with Crippen molar-refractivity contribution in [3.63, 3.8) is 0 Å². The largest absolute Gasteiger partial charge is 0.497 e. The average Bonchev–Trinajstić information content (AvgIpc) is 3.54.